The molecule has 5 aromatic carbocycles. The maximum atomic E-state index is 15.3. The highest BCUT2D eigenvalue weighted by atomic mass is 35.5. The van der Waals surface area contributed by atoms with Gasteiger partial charge in [0.1, 0.15) is 4.90 Å². The third-order valence-corrected chi connectivity index (χ3v) is 21.6. The van der Waals surface area contributed by atoms with Gasteiger partial charge in [0.2, 0.25) is 7.29 Å². The van der Waals surface area contributed by atoms with E-state index >= 15 is 4.57 Å². The molecular weight excluding hydrogens is 1070 g/mol. The molecule has 3 atom stereocenters. The molecule has 0 spiro atoms. The quantitative estimate of drug-likeness (QED) is 0.0476. The van der Waals surface area contributed by atoms with Crippen LogP contribution >= 0.6 is 30.7 Å². The van der Waals surface area contributed by atoms with Crippen LogP contribution in [0.5, 0.6) is 0 Å². The first-order valence-electron chi connectivity index (χ1n) is 26.0. The molecule has 20 heteroatoms. The number of hydrogen-bond donors (Lipinski definition) is 4. The number of aliphatic hydroxyl groups excluding tert-OH is 1. The largest absolute Gasteiger partial charge is 0.501 e. The number of piperidine rings is 1. The van der Waals surface area contributed by atoms with E-state index in [4.69, 9.17) is 11.6 Å². The summed E-state index contributed by atoms with van der Waals surface area (Å²) in [4.78, 5) is 20.2. The van der Waals surface area contributed by atoms with Crippen LogP contribution in [-0.2, 0) is 14.4 Å². The Kier molecular flexibility index (Phi) is 17.3. The van der Waals surface area contributed by atoms with Crippen LogP contribution in [0.2, 0.25) is 5.02 Å². The molecule has 6 aromatic rings. The SMILES string of the molecule is Cc1c(C(=O)O)c(-c2cccc(N3CCN(c4ccc([C@@H]5CCN(O)P5(=O)c5ccc(N[C@H](CCN6CCC(CO)CC6)CSc6ccccc6)c(S(=O)(=O)C(F)(F)F)c5)cc4)CC3)c2)c(-c2ccc(Cl)cc2)n1C(C)C. The molecule has 3 aliphatic rings. The fourth-order valence-electron chi connectivity index (χ4n) is 11.2. The minimum atomic E-state index is -5.98. The molecule has 0 bridgehead atoms. The lowest BCUT2D eigenvalue weighted by atomic mass is 9.96. The number of hydroxylamine groups is 1. The van der Waals surface area contributed by atoms with Gasteiger partial charge in [0.15, 0.2) is 0 Å². The van der Waals surface area contributed by atoms with Crippen molar-refractivity contribution in [2.24, 2.45) is 5.92 Å². The molecule has 1 aromatic heterocycles. The van der Waals surface area contributed by atoms with Gasteiger partial charge in [-0.05, 0) is 149 Å². The van der Waals surface area contributed by atoms with Crippen LogP contribution in [0, 0.1) is 12.8 Å². The second kappa shape index (κ2) is 23.6. The highest BCUT2D eigenvalue weighted by Crippen LogP contribution is 2.66. The summed E-state index contributed by atoms with van der Waals surface area (Å²) in [5.41, 5.74) is -0.375. The van der Waals surface area contributed by atoms with E-state index in [2.05, 4.69) is 24.6 Å². The van der Waals surface area contributed by atoms with E-state index in [1.54, 1.807) is 12.1 Å². The molecular formula is C57H65ClF3N6O7PS2. The zero-order valence-electron chi connectivity index (χ0n) is 43.2. The summed E-state index contributed by atoms with van der Waals surface area (Å²) in [5.74, 6) is -0.372. The van der Waals surface area contributed by atoms with Crippen molar-refractivity contribution in [2.75, 3.05) is 79.8 Å². The number of aromatic nitrogens is 1. The van der Waals surface area contributed by atoms with Gasteiger partial charge in [-0.1, -0.05) is 66.2 Å². The molecule has 3 saturated heterocycles. The van der Waals surface area contributed by atoms with E-state index in [1.807, 2.05) is 112 Å². The molecule has 13 nitrogen and oxygen atoms in total. The molecule has 0 aliphatic carbocycles. The van der Waals surface area contributed by atoms with Crippen LogP contribution in [0.25, 0.3) is 22.4 Å². The van der Waals surface area contributed by atoms with E-state index in [-0.39, 0.29) is 48.1 Å². The van der Waals surface area contributed by atoms with Gasteiger partial charge in [-0.3, -0.25) is 4.57 Å². The first kappa shape index (κ1) is 56.4. The van der Waals surface area contributed by atoms with Crippen molar-refractivity contribution in [3.05, 3.63) is 143 Å². The van der Waals surface area contributed by atoms with Gasteiger partial charge in [-0.25, -0.2) is 13.2 Å². The molecule has 0 amide bonds. The number of piperazine rings is 1. The third-order valence-electron chi connectivity index (χ3n) is 15.3. The van der Waals surface area contributed by atoms with Crippen molar-refractivity contribution in [3.8, 4) is 22.4 Å². The van der Waals surface area contributed by atoms with Crippen LogP contribution in [0.1, 0.15) is 72.8 Å². The molecule has 9 rings (SSSR count). The van der Waals surface area contributed by atoms with Gasteiger partial charge in [0, 0.05) is 102 Å². The number of benzene rings is 5. The van der Waals surface area contributed by atoms with E-state index in [0.717, 1.165) is 65.1 Å². The van der Waals surface area contributed by atoms with E-state index in [1.165, 1.54) is 23.9 Å². The molecule has 3 fully saturated rings. The zero-order chi connectivity index (χ0) is 54.8. The Bertz CT molecular complexity index is 3210. The first-order chi connectivity index (χ1) is 36.8. The topological polar surface area (TPSA) is 159 Å². The number of alkyl halides is 3. The molecule has 3 aliphatic heterocycles. The Morgan fingerprint density at radius 3 is 2.10 bits per heavy atom. The van der Waals surface area contributed by atoms with Crippen molar-refractivity contribution < 1.29 is 46.4 Å². The number of nitrogens with one attached hydrogen (secondary N) is 1. The average molecular weight is 1130 g/mol. The number of sulfone groups is 1. The third kappa shape index (κ3) is 11.9. The number of aromatic carboxylic acids is 1. The monoisotopic (exact) mass is 1130 g/mol. The number of carboxylic acid groups (broad SMARTS) is 1. The van der Waals surface area contributed by atoms with Crippen LogP contribution in [0.15, 0.2) is 131 Å². The average Bonchev–Trinajstić information content (AvgIpc) is 3.96. The van der Waals surface area contributed by atoms with Gasteiger partial charge in [-0.2, -0.15) is 13.2 Å². The summed E-state index contributed by atoms with van der Waals surface area (Å²) < 4.78 is 88.2. The predicted octanol–water partition coefficient (Wildman–Crippen LogP) is 12.1. The van der Waals surface area contributed by atoms with Crippen LogP contribution in [0.4, 0.5) is 30.2 Å². The summed E-state index contributed by atoms with van der Waals surface area (Å²) in [5, 5.41) is 35.1. The van der Waals surface area contributed by atoms with Crippen molar-refractivity contribution in [3.63, 3.8) is 0 Å². The van der Waals surface area contributed by atoms with Gasteiger partial charge >= 0.3 is 11.5 Å². The Labute approximate surface area is 457 Å². The number of nitrogens with zero attached hydrogens (tertiary/aromatic N) is 5. The van der Waals surface area contributed by atoms with Crippen molar-refractivity contribution in [1.82, 2.24) is 14.3 Å². The Balaban J connectivity index is 0.933. The van der Waals surface area contributed by atoms with Crippen LogP contribution in [0.3, 0.4) is 0 Å². The van der Waals surface area contributed by atoms with E-state index in [0.29, 0.717) is 71.6 Å². The van der Waals surface area contributed by atoms with Crippen molar-refractivity contribution in [2.45, 2.75) is 79.5 Å². The van der Waals surface area contributed by atoms with Crippen molar-refractivity contribution in [1.29, 1.82) is 0 Å². The number of hydrogen-bond acceptors (Lipinski definition) is 11. The molecule has 410 valence electrons. The van der Waals surface area contributed by atoms with Gasteiger partial charge < -0.3 is 40.0 Å². The smallest absolute Gasteiger partial charge is 0.478 e. The number of rotatable bonds is 18. The lowest BCUT2D eigenvalue weighted by Gasteiger charge is -2.37. The zero-order valence-corrected chi connectivity index (χ0v) is 46.5. The summed E-state index contributed by atoms with van der Waals surface area (Å²) in [6, 6.07) is 35.3. The number of thioether (sulfide) groups is 1. The Morgan fingerprint density at radius 2 is 1.48 bits per heavy atom. The lowest BCUT2D eigenvalue weighted by molar-refractivity contribution is -0.0435. The van der Waals surface area contributed by atoms with E-state index in [9.17, 15) is 41.8 Å². The van der Waals surface area contributed by atoms with Gasteiger partial charge in [-0.15, -0.1) is 16.6 Å². The number of aliphatic hydroxyl groups is 1. The molecule has 0 saturated carbocycles. The van der Waals surface area contributed by atoms with Crippen LogP contribution in [-0.4, -0.2) is 120 Å². The molecule has 4 N–H and O–H groups in total. The summed E-state index contributed by atoms with van der Waals surface area (Å²) in [6.45, 7) is 10.7. The maximum absolute atomic E-state index is 15.3. The highest BCUT2D eigenvalue weighted by Gasteiger charge is 2.51. The summed E-state index contributed by atoms with van der Waals surface area (Å²) in [7, 11) is -10.1. The van der Waals surface area contributed by atoms with Crippen LogP contribution < -0.4 is 20.4 Å². The maximum Gasteiger partial charge on any atom is 0.501 e. The van der Waals surface area contributed by atoms with Gasteiger partial charge in [0.25, 0.3) is 9.84 Å². The normalized spacial score (nSPS) is 19.5. The Morgan fingerprint density at radius 1 is 0.818 bits per heavy atom. The van der Waals surface area contributed by atoms with Crippen molar-refractivity contribution >= 4 is 68.8 Å². The lowest BCUT2D eigenvalue weighted by Crippen LogP contribution is -2.46. The minimum absolute atomic E-state index is 0.0245. The predicted molar refractivity (Wildman–Crippen MR) is 301 cm³/mol. The number of likely N-dealkylation sites (tertiary alicyclic amines) is 1. The summed E-state index contributed by atoms with van der Waals surface area (Å²) >= 11 is 7.77. The first-order valence-corrected chi connectivity index (χ1v) is 30.6. The number of anilines is 3. The number of halogens is 4. The molecule has 0 radical (unpaired) electrons. The molecule has 1 unspecified atom stereocenters. The molecule has 77 heavy (non-hydrogen) atoms. The fourth-order valence-corrected chi connectivity index (χ4v) is 16.4. The second-order valence-electron chi connectivity index (χ2n) is 20.5. The second-order valence-corrected chi connectivity index (χ2v) is 26.7. The number of carbonyl (C=O) groups is 1. The summed E-state index contributed by atoms with van der Waals surface area (Å²) in [6.07, 6.45) is 2.35. The standard InChI is InChI=1S/C57H65ClF3N6O7PS2/c1-38(2)67-39(3)53(56(69)70)54(55(67)42-12-16-44(58)17-13-42)43-8-7-9-47(34-43)65-32-30-64(31-33-65)46-18-14-41(15-19-46)51-25-29-66(71)75(51,72)48-20-21-50(52(35-48)77(73,74)57(59,60)61)62-45(37-76-49-10-5-4-6-11-49)24-28-63-26-22-40(36-68)23-27-63/h4-21,34-35,38,40,45,51,62,68,71H,22-33,36-37H2,1-3H3,(H,69,70)/t45-,51+,75?/m1/s1. The number of carboxylic acids is 1. The van der Waals surface area contributed by atoms with E-state index < -0.39 is 45.2 Å². The van der Waals surface area contributed by atoms with Gasteiger partial charge in [0.05, 0.1) is 22.6 Å². The minimum Gasteiger partial charge on any atom is -0.478 e. The highest BCUT2D eigenvalue weighted by molar-refractivity contribution is 7.99. The fraction of sp³-hybridized carbons (Fsp3) is 0.386. The molecule has 4 heterocycles. The Hall–Kier alpha value is -5.30.